The van der Waals surface area contributed by atoms with Gasteiger partial charge in [-0.3, -0.25) is 14.6 Å². The molecule has 3 aliphatic heterocycles. The Balaban J connectivity index is 1.14. The number of pyridine rings is 1. The first-order valence-corrected chi connectivity index (χ1v) is 13.5. The quantitative estimate of drug-likeness (QED) is 0.611. The second-order valence-electron chi connectivity index (χ2n) is 10.6. The third-order valence-electron chi connectivity index (χ3n) is 8.24. The van der Waals surface area contributed by atoms with E-state index in [1.807, 2.05) is 41.4 Å². The topological polar surface area (TPSA) is 74.8 Å². The number of aromatic nitrogens is 1. The van der Waals surface area contributed by atoms with Gasteiger partial charge in [0.05, 0.1) is 11.5 Å². The standard InChI is InChI=1S/C29H38N4O3/c34-27(26-10-4-5-20-36-26)31-25(24-8-2-1-3-9-24)11-16-32-17-12-29(13-18-32)14-19-33(28(29)35)22-23-7-6-15-30-21-23/h1-3,6-9,15,21,25-26H,4-5,10-14,16-20,22H2,(H,31,34)/t25-,26?/m0/s1. The summed E-state index contributed by atoms with van der Waals surface area (Å²) in [6.45, 7) is 4.90. The van der Waals surface area contributed by atoms with Crippen molar-refractivity contribution in [2.24, 2.45) is 5.41 Å². The molecule has 0 saturated carbocycles. The molecule has 2 amide bonds. The average Bonchev–Trinajstić information content (AvgIpc) is 3.23. The van der Waals surface area contributed by atoms with Gasteiger partial charge in [0.15, 0.2) is 0 Å². The Morgan fingerprint density at radius 3 is 2.61 bits per heavy atom. The molecule has 2 atom stereocenters. The third kappa shape index (κ3) is 5.79. The molecule has 192 valence electrons. The van der Waals surface area contributed by atoms with Gasteiger partial charge >= 0.3 is 0 Å². The first-order chi connectivity index (χ1) is 17.6. The Bertz CT molecular complexity index is 1000. The van der Waals surface area contributed by atoms with Crippen LogP contribution < -0.4 is 5.32 Å². The molecule has 0 radical (unpaired) electrons. The molecule has 3 saturated heterocycles. The molecule has 3 fully saturated rings. The highest BCUT2D eigenvalue weighted by atomic mass is 16.5. The second-order valence-corrected chi connectivity index (χ2v) is 10.6. The molecular formula is C29H38N4O3. The molecule has 7 nitrogen and oxygen atoms in total. The Morgan fingerprint density at radius 2 is 1.89 bits per heavy atom. The van der Waals surface area contributed by atoms with Crippen LogP contribution in [0, 0.1) is 5.41 Å². The monoisotopic (exact) mass is 490 g/mol. The first-order valence-electron chi connectivity index (χ1n) is 13.5. The van der Waals surface area contributed by atoms with Gasteiger partial charge in [-0.15, -0.1) is 0 Å². The predicted molar refractivity (Wildman–Crippen MR) is 138 cm³/mol. The third-order valence-corrected chi connectivity index (χ3v) is 8.24. The molecular weight excluding hydrogens is 452 g/mol. The lowest BCUT2D eigenvalue weighted by Gasteiger charge is -2.38. The van der Waals surface area contributed by atoms with Gasteiger partial charge in [-0.25, -0.2) is 0 Å². The van der Waals surface area contributed by atoms with Gasteiger partial charge in [0, 0.05) is 38.6 Å². The molecule has 0 aliphatic carbocycles. The molecule has 7 heteroatoms. The van der Waals surface area contributed by atoms with E-state index in [1.54, 1.807) is 6.20 Å². The van der Waals surface area contributed by atoms with Crippen molar-refractivity contribution in [3.8, 4) is 0 Å². The lowest BCUT2D eigenvalue weighted by atomic mass is 9.77. The summed E-state index contributed by atoms with van der Waals surface area (Å²) in [5.74, 6) is 0.319. The largest absolute Gasteiger partial charge is 0.368 e. The number of nitrogens with one attached hydrogen (secondary N) is 1. The van der Waals surface area contributed by atoms with E-state index in [0.717, 1.165) is 82.3 Å². The number of hydrogen-bond acceptors (Lipinski definition) is 5. The van der Waals surface area contributed by atoms with Gasteiger partial charge in [0.1, 0.15) is 6.10 Å². The fourth-order valence-corrected chi connectivity index (χ4v) is 5.96. The molecule has 36 heavy (non-hydrogen) atoms. The van der Waals surface area contributed by atoms with Crippen LogP contribution in [0.5, 0.6) is 0 Å². The molecule has 4 heterocycles. The van der Waals surface area contributed by atoms with Crippen LogP contribution in [0.2, 0.25) is 0 Å². The van der Waals surface area contributed by atoms with Gasteiger partial charge in [-0.2, -0.15) is 0 Å². The maximum Gasteiger partial charge on any atom is 0.249 e. The Kier molecular flexibility index (Phi) is 7.97. The Morgan fingerprint density at radius 1 is 1.08 bits per heavy atom. The van der Waals surface area contributed by atoms with E-state index in [0.29, 0.717) is 19.1 Å². The van der Waals surface area contributed by atoms with Gasteiger partial charge < -0.3 is 19.9 Å². The van der Waals surface area contributed by atoms with Gasteiger partial charge in [0.25, 0.3) is 0 Å². The Labute approximate surface area is 214 Å². The van der Waals surface area contributed by atoms with Crippen LogP contribution in [0.15, 0.2) is 54.9 Å². The number of piperidine rings is 1. The minimum absolute atomic E-state index is 0.00594. The van der Waals surface area contributed by atoms with Crippen molar-refractivity contribution in [2.45, 2.75) is 63.6 Å². The van der Waals surface area contributed by atoms with E-state index in [4.69, 9.17) is 4.74 Å². The number of likely N-dealkylation sites (tertiary alicyclic amines) is 2. The van der Waals surface area contributed by atoms with Gasteiger partial charge in [-0.05, 0) is 75.2 Å². The first kappa shape index (κ1) is 24.9. The zero-order valence-electron chi connectivity index (χ0n) is 21.1. The van der Waals surface area contributed by atoms with Crippen LogP contribution in [0.1, 0.15) is 62.1 Å². The number of amides is 2. The summed E-state index contributed by atoms with van der Waals surface area (Å²) in [5.41, 5.74) is 2.02. The average molecular weight is 491 g/mol. The zero-order chi connectivity index (χ0) is 24.8. The van der Waals surface area contributed by atoms with Crippen LogP contribution >= 0.6 is 0 Å². The van der Waals surface area contributed by atoms with Crippen LogP contribution in [0.25, 0.3) is 0 Å². The molecule has 1 aromatic heterocycles. The summed E-state index contributed by atoms with van der Waals surface area (Å²) in [4.78, 5) is 34.9. The molecule has 1 spiro atoms. The van der Waals surface area contributed by atoms with Crippen molar-refractivity contribution < 1.29 is 14.3 Å². The molecule has 1 aromatic carbocycles. The van der Waals surface area contributed by atoms with E-state index in [1.165, 1.54) is 0 Å². The van der Waals surface area contributed by atoms with Crippen molar-refractivity contribution in [1.82, 2.24) is 20.1 Å². The number of carbonyl (C=O) groups excluding carboxylic acids is 2. The fourth-order valence-electron chi connectivity index (χ4n) is 5.96. The molecule has 0 bridgehead atoms. The van der Waals surface area contributed by atoms with E-state index in [-0.39, 0.29) is 23.5 Å². The predicted octanol–water partition coefficient (Wildman–Crippen LogP) is 3.71. The lowest BCUT2D eigenvalue weighted by molar-refractivity contribution is -0.139. The number of rotatable bonds is 8. The van der Waals surface area contributed by atoms with Crippen LogP contribution in [-0.4, -0.2) is 65.5 Å². The number of ether oxygens (including phenoxy) is 1. The highest BCUT2D eigenvalue weighted by Gasteiger charge is 2.47. The van der Waals surface area contributed by atoms with Crippen LogP contribution in [0.3, 0.4) is 0 Å². The maximum atomic E-state index is 13.3. The van der Waals surface area contributed by atoms with E-state index >= 15 is 0 Å². The van der Waals surface area contributed by atoms with Crippen molar-refractivity contribution in [3.63, 3.8) is 0 Å². The zero-order valence-corrected chi connectivity index (χ0v) is 21.1. The van der Waals surface area contributed by atoms with Crippen LogP contribution in [-0.2, 0) is 20.9 Å². The SMILES string of the molecule is O=C(N[C@@H](CCN1CCC2(CC1)CCN(Cc1cccnc1)C2=O)c1ccccc1)C1CCCCO1. The normalized spacial score (nSPS) is 23.1. The summed E-state index contributed by atoms with van der Waals surface area (Å²) in [7, 11) is 0. The minimum atomic E-state index is -0.331. The summed E-state index contributed by atoms with van der Waals surface area (Å²) >= 11 is 0. The van der Waals surface area contributed by atoms with Crippen molar-refractivity contribution in [2.75, 3.05) is 32.8 Å². The summed E-state index contributed by atoms with van der Waals surface area (Å²) in [6, 6.07) is 14.2. The summed E-state index contributed by atoms with van der Waals surface area (Å²) < 4.78 is 5.72. The molecule has 3 aliphatic rings. The summed E-state index contributed by atoms with van der Waals surface area (Å²) in [6.07, 6.45) is 9.78. The fraction of sp³-hybridized carbons (Fsp3) is 0.552. The molecule has 5 rings (SSSR count). The number of carbonyl (C=O) groups is 2. The van der Waals surface area contributed by atoms with Crippen LogP contribution in [0.4, 0.5) is 0 Å². The van der Waals surface area contributed by atoms with E-state index in [9.17, 15) is 9.59 Å². The number of hydrogen-bond donors (Lipinski definition) is 1. The van der Waals surface area contributed by atoms with Crippen molar-refractivity contribution >= 4 is 11.8 Å². The lowest BCUT2D eigenvalue weighted by Crippen LogP contribution is -2.45. The molecule has 2 aromatic rings. The highest BCUT2D eigenvalue weighted by molar-refractivity contribution is 5.85. The van der Waals surface area contributed by atoms with Gasteiger partial charge in [-0.1, -0.05) is 36.4 Å². The second kappa shape index (κ2) is 11.5. The highest BCUT2D eigenvalue weighted by Crippen LogP contribution is 2.42. The summed E-state index contributed by atoms with van der Waals surface area (Å²) in [5, 5.41) is 3.27. The van der Waals surface area contributed by atoms with Gasteiger partial charge in [0.2, 0.25) is 11.8 Å². The Hall–Kier alpha value is -2.77. The van der Waals surface area contributed by atoms with E-state index < -0.39 is 0 Å². The maximum absolute atomic E-state index is 13.3. The van der Waals surface area contributed by atoms with E-state index in [2.05, 4.69) is 27.3 Å². The molecule has 1 unspecified atom stereocenters. The number of benzene rings is 1. The number of nitrogens with zero attached hydrogens (tertiary/aromatic N) is 3. The minimum Gasteiger partial charge on any atom is -0.368 e. The molecule has 1 N–H and O–H groups in total. The van der Waals surface area contributed by atoms with Crippen molar-refractivity contribution in [1.29, 1.82) is 0 Å². The van der Waals surface area contributed by atoms with Crippen molar-refractivity contribution in [3.05, 3.63) is 66.0 Å². The smallest absolute Gasteiger partial charge is 0.249 e.